The number of carbonyl (C=O) groups excluding carboxylic acids is 1. The van der Waals surface area contributed by atoms with Gasteiger partial charge in [0, 0.05) is 56.2 Å². The van der Waals surface area contributed by atoms with Crippen LogP contribution in [0.4, 0.5) is 0 Å². The van der Waals surface area contributed by atoms with Gasteiger partial charge < -0.3 is 9.47 Å². The maximum Gasteiger partial charge on any atom is 0.274 e. The fraction of sp³-hybridized carbons (Fsp3) is 0.286. The topological polar surface area (TPSA) is 81.2 Å². The second kappa shape index (κ2) is 7.46. The van der Waals surface area contributed by atoms with E-state index < -0.39 is 0 Å². The van der Waals surface area contributed by atoms with Crippen LogP contribution in [0.15, 0.2) is 61.4 Å². The molecule has 0 spiro atoms. The molecule has 146 valence electrons. The first kappa shape index (κ1) is 17.5. The number of fused-ring (bicyclic) bond motifs is 1. The minimum absolute atomic E-state index is 0.0363. The molecule has 1 fully saturated rings. The maximum atomic E-state index is 12.9. The van der Waals surface area contributed by atoms with E-state index in [1.165, 1.54) is 0 Å². The number of piperidine rings is 1. The van der Waals surface area contributed by atoms with Gasteiger partial charge in [0.05, 0.1) is 12.2 Å². The number of hydrogen-bond donors (Lipinski definition) is 0. The zero-order valence-corrected chi connectivity index (χ0v) is 15.9. The summed E-state index contributed by atoms with van der Waals surface area (Å²) in [6.07, 6.45) is 12.7. The Morgan fingerprint density at radius 3 is 2.66 bits per heavy atom. The number of amides is 1. The van der Waals surface area contributed by atoms with Crippen molar-refractivity contribution in [2.24, 2.45) is 0 Å². The highest BCUT2D eigenvalue weighted by Gasteiger charge is 2.28. The maximum absolute atomic E-state index is 12.9. The fourth-order valence-corrected chi connectivity index (χ4v) is 3.92. The number of carbonyl (C=O) groups is 1. The van der Waals surface area contributed by atoms with E-state index in [2.05, 4.69) is 24.5 Å². The van der Waals surface area contributed by atoms with Gasteiger partial charge in [-0.15, -0.1) is 0 Å². The van der Waals surface area contributed by atoms with Gasteiger partial charge in [-0.3, -0.25) is 14.2 Å². The molecule has 0 atom stereocenters. The highest BCUT2D eigenvalue weighted by atomic mass is 16.2. The summed E-state index contributed by atoms with van der Waals surface area (Å²) in [6, 6.07) is 7.76. The molecule has 0 aliphatic carbocycles. The molecule has 0 bridgehead atoms. The predicted octanol–water partition coefficient (Wildman–Crippen LogP) is 2.39. The second-order valence-electron chi connectivity index (χ2n) is 7.25. The van der Waals surface area contributed by atoms with E-state index in [1.807, 2.05) is 54.0 Å². The molecule has 0 saturated carbocycles. The molecule has 0 radical (unpaired) electrons. The summed E-state index contributed by atoms with van der Waals surface area (Å²) >= 11 is 0. The highest BCUT2D eigenvalue weighted by molar-refractivity contribution is 5.92. The normalized spacial score (nSPS) is 15.1. The average Bonchev–Trinajstić information content (AvgIpc) is 3.41. The van der Waals surface area contributed by atoms with Gasteiger partial charge >= 0.3 is 0 Å². The zero-order valence-electron chi connectivity index (χ0n) is 15.9. The molecule has 5 heterocycles. The summed E-state index contributed by atoms with van der Waals surface area (Å²) in [5.74, 6) is 1.91. The second-order valence-corrected chi connectivity index (χ2v) is 7.25. The number of rotatable bonds is 4. The Bertz CT molecular complexity index is 1090. The van der Waals surface area contributed by atoms with E-state index >= 15 is 0 Å². The molecule has 1 aliphatic heterocycles. The minimum Gasteiger partial charge on any atom is -0.337 e. The summed E-state index contributed by atoms with van der Waals surface area (Å²) in [6.45, 7) is 2.10. The van der Waals surface area contributed by atoms with E-state index in [0.717, 1.165) is 24.4 Å². The van der Waals surface area contributed by atoms with Gasteiger partial charge in [-0.1, -0.05) is 6.07 Å². The number of nitrogens with zero attached hydrogens (tertiary/aromatic N) is 7. The van der Waals surface area contributed by atoms with Crippen molar-refractivity contribution < 1.29 is 4.79 Å². The number of likely N-dealkylation sites (tertiary alicyclic amines) is 1. The third kappa shape index (κ3) is 3.49. The van der Waals surface area contributed by atoms with Gasteiger partial charge in [0.1, 0.15) is 11.5 Å². The van der Waals surface area contributed by atoms with Gasteiger partial charge in [0.2, 0.25) is 5.78 Å². The average molecular weight is 387 g/mol. The van der Waals surface area contributed by atoms with Crippen LogP contribution in [0.5, 0.6) is 0 Å². The number of pyridine rings is 1. The molecule has 1 aliphatic rings. The number of hydrogen-bond acceptors (Lipinski definition) is 5. The Morgan fingerprint density at radius 1 is 1.00 bits per heavy atom. The molecule has 1 saturated heterocycles. The van der Waals surface area contributed by atoms with E-state index in [-0.39, 0.29) is 5.91 Å². The van der Waals surface area contributed by atoms with Crippen LogP contribution in [-0.4, -0.2) is 52.8 Å². The quantitative estimate of drug-likeness (QED) is 0.537. The van der Waals surface area contributed by atoms with E-state index in [0.29, 0.717) is 37.0 Å². The Morgan fingerprint density at radius 2 is 1.86 bits per heavy atom. The number of imidazole rings is 2. The van der Waals surface area contributed by atoms with Gasteiger partial charge in [-0.2, -0.15) is 0 Å². The van der Waals surface area contributed by atoms with Crippen LogP contribution in [-0.2, 0) is 6.54 Å². The molecular weight excluding hydrogens is 366 g/mol. The van der Waals surface area contributed by atoms with Gasteiger partial charge in [0.25, 0.3) is 5.91 Å². The van der Waals surface area contributed by atoms with Crippen LogP contribution in [0, 0.1) is 0 Å². The molecule has 1 amide bonds. The summed E-state index contributed by atoms with van der Waals surface area (Å²) in [5.41, 5.74) is 1.46. The molecule has 5 rings (SSSR count). The Labute approximate surface area is 167 Å². The lowest BCUT2D eigenvalue weighted by molar-refractivity contribution is 0.0705. The Hall–Kier alpha value is -3.55. The first-order valence-electron chi connectivity index (χ1n) is 9.78. The van der Waals surface area contributed by atoms with Crippen LogP contribution >= 0.6 is 0 Å². The summed E-state index contributed by atoms with van der Waals surface area (Å²) < 4.78 is 3.94. The van der Waals surface area contributed by atoms with Crippen molar-refractivity contribution in [1.82, 2.24) is 33.8 Å². The van der Waals surface area contributed by atoms with Crippen molar-refractivity contribution >= 4 is 11.7 Å². The lowest BCUT2D eigenvalue weighted by Gasteiger charge is -2.31. The molecule has 0 N–H and O–H groups in total. The van der Waals surface area contributed by atoms with Gasteiger partial charge in [0.15, 0.2) is 0 Å². The standard InChI is InChI=1S/C21H21N7O/c29-20(18-15-28-10-3-8-24-21(28)25-18)26-11-5-16(6-12-26)19-23-9-13-27(19)14-17-4-1-2-7-22-17/h1-4,7-10,13,15-16H,5-6,11-12,14H2. The molecular formula is C21H21N7O. The minimum atomic E-state index is -0.0363. The largest absolute Gasteiger partial charge is 0.337 e. The van der Waals surface area contributed by atoms with Crippen molar-refractivity contribution in [3.63, 3.8) is 0 Å². The van der Waals surface area contributed by atoms with E-state index in [1.54, 1.807) is 16.8 Å². The fourth-order valence-electron chi connectivity index (χ4n) is 3.92. The van der Waals surface area contributed by atoms with Crippen LogP contribution in [0.25, 0.3) is 5.78 Å². The molecule has 8 nitrogen and oxygen atoms in total. The van der Waals surface area contributed by atoms with Crippen LogP contribution in [0.2, 0.25) is 0 Å². The zero-order chi connectivity index (χ0) is 19.6. The molecule has 8 heteroatoms. The van der Waals surface area contributed by atoms with Gasteiger partial charge in [-0.05, 0) is 31.0 Å². The lowest BCUT2D eigenvalue weighted by Crippen LogP contribution is -2.38. The van der Waals surface area contributed by atoms with E-state index in [9.17, 15) is 4.79 Å². The monoisotopic (exact) mass is 387 g/mol. The predicted molar refractivity (Wildman–Crippen MR) is 106 cm³/mol. The summed E-state index contributed by atoms with van der Waals surface area (Å²) in [4.78, 5) is 32.3. The summed E-state index contributed by atoms with van der Waals surface area (Å²) in [7, 11) is 0. The van der Waals surface area contributed by atoms with Crippen molar-refractivity contribution in [2.45, 2.75) is 25.3 Å². The molecule has 4 aromatic rings. The third-order valence-corrected chi connectivity index (χ3v) is 5.41. The van der Waals surface area contributed by atoms with Crippen molar-refractivity contribution in [1.29, 1.82) is 0 Å². The highest BCUT2D eigenvalue weighted by Crippen LogP contribution is 2.28. The first-order chi connectivity index (χ1) is 14.3. The van der Waals surface area contributed by atoms with Crippen molar-refractivity contribution in [3.8, 4) is 0 Å². The van der Waals surface area contributed by atoms with Gasteiger partial charge in [-0.25, -0.2) is 15.0 Å². The van der Waals surface area contributed by atoms with Crippen LogP contribution in [0.1, 0.15) is 40.8 Å². The Balaban J connectivity index is 1.26. The van der Waals surface area contributed by atoms with Crippen LogP contribution < -0.4 is 0 Å². The molecule has 29 heavy (non-hydrogen) atoms. The summed E-state index contributed by atoms with van der Waals surface area (Å²) in [5, 5.41) is 0. The third-order valence-electron chi connectivity index (χ3n) is 5.41. The van der Waals surface area contributed by atoms with E-state index in [4.69, 9.17) is 0 Å². The first-order valence-corrected chi connectivity index (χ1v) is 9.78. The smallest absolute Gasteiger partial charge is 0.274 e. The van der Waals surface area contributed by atoms with Crippen LogP contribution in [0.3, 0.4) is 0 Å². The molecule has 0 aromatic carbocycles. The lowest BCUT2D eigenvalue weighted by atomic mass is 9.95. The van der Waals surface area contributed by atoms with Crippen molar-refractivity contribution in [3.05, 3.63) is 78.7 Å². The molecule has 0 unspecified atom stereocenters. The number of aromatic nitrogens is 6. The SMILES string of the molecule is O=C(c1cn2cccnc2n1)N1CCC(c2nccn2Cc2ccccn2)CC1. The molecule has 4 aromatic heterocycles. The Kier molecular flexibility index (Phi) is 4.51. The van der Waals surface area contributed by atoms with Crippen molar-refractivity contribution in [2.75, 3.05) is 13.1 Å².